The van der Waals surface area contributed by atoms with Crippen molar-refractivity contribution in [2.45, 2.75) is 12.1 Å². The number of hydrogen-bond acceptors (Lipinski definition) is 6. The third-order valence-electron chi connectivity index (χ3n) is 5.54. The standard InChI is InChI=1S/C25H24N2O5/c28-25(21-11-13-22(14-12-21)27(29)30)32-24(20-9-5-2-6-10-20)23(19-7-3-1-4-8-19)26-15-17-31-18-16-26/h1-14,23-24H,15-18H2/t23-,24-/m1/s1. The minimum absolute atomic E-state index is 0.0726. The van der Waals surface area contributed by atoms with E-state index in [0.29, 0.717) is 13.2 Å². The van der Waals surface area contributed by atoms with Crippen LogP contribution in [0.2, 0.25) is 0 Å². The number of nitro groups is 1. The summed E-state index contributed by atoms with van der Waals surface area (Å²) >= 11 is 0. The fourth-order valence-corrected chi connectivity index (χ4v) is 3.94. The number of carbonyl (C=O) groups is 1. The SMILES string of the molecule is O=C(O[C@H](c1ccccc1)[C@@H](c1ccccc1)N1CCOCC1)c1ccc([N+](=O)[O-])cc1. The summed E-state index contributed by atoms with van der Waals surface area (Å²) in [6, 6.07) is 24.9. The summed E-state index contributed by atoms with van der Waals surface area (Å²) in [5, 5.41) is 10.9. The predicted octanol–water partition coefficient (Wildman–Crippen LogP) is 4.57. The normalized spacial score (nSPS) is 16.1. The van der Waals surface area contributed by atoms with E-state index in [1.165, 1.54) is 24.3 Å². The van der Waals surface area contributed by atoms with Gasteiger partial charge in [-0.15, -0.1) is 0 Å². The van der Waals surface area contributed by atoms with E-state index in [1.54, 1.807) is 0 Å². The quantitative estimate of drug-likeness (QED) is 0.309. The Hall–Kier alpha value is -3.55. The highest BCUT2D eigenvalue weighted by Gasteiger charge is 2.34. The van der Waals surface area contributed by atoms with Crippen LogP contribution in [0.25, 0.3) is 0 Å². The molecule has 0 unspecified atom stereocenters. The first-order valence-electron chi connectivity index (χ1n) is 10.5. The van der Waals surface area contributed by atoms with Crippen molar-refractivity contribution in [2.75, 3.05) is 26.3 Å². The highest BCUT2D eigenvalue weighted by Crippen LogP contribution is 2.38. The monoisotopic (exact) mass is 432 g/mol. The van der Waals surface area contributed by atoms with E-state index in [4.69, 9.17) is 9.47 Å². The van der Waals surface area contributed by atoms with Gasteiger partial charge in [0.1, 0.15) is 6.10 Å². The Morgan fingerprint density at radius 3 is 2.00 bits per heavy atom. The second-order valence-electron chi connectivity index (χ2n) is 7.54. The Kier molecular flexibility index (Phi) is 6.89. The minimum atomic E-state index is -0.570. The highest BCUT2D eigenvalue weighted by molar-refractivity contribution is 5.89. The van der Waals surface area contributed by atoms with Crippen LogP contribution in [0.1, 0.15) is 33.6 Å². The van der Waals surface area contributed by atoms with Crippen LogP contribution in [0.15, 0.2) is 84.9 Å². The molecule has 0 saturated carbocycles. The number of esters is 1. The maximum absolute atomic E-state index is 13.1. The predicted molar refractivity (Wildman–Crippen MR) is 119 cm³/mol. The first-order valence-corrected chi connectivity index (χ1v) is 10.5. The molecule has 0 spiro atoms. The molecule has 7 nitrogen and oxygen atoms in total. The lowest BCUT2D eigenvalue weighted by atomic mass is 9.93. The number of benzene rings is 3. The summed E-state index contributed by atoms with van der Waals surface area (Å²) in [6.45, 7) is 2.66. The molecule has 1 saturated heterocycles. The van der Waals surface area contributed by atoms with Crippen LogP contribution in [-0.4, -0.2) is 42.1 Å². The number of hydrogen-bond donors (Lipinski definition) is 0. The number of rotatable bonds is 7. The fraction of sp³-hybridized carbons (Fsp3) is 0.240. The van der Waals surface area contributed by atoms with E-state index in [-0.39, 0.29) is 17.3 Å². The molecule has 0 radical (unpaired) electrons. The van der Waals surface area contributed by atoms with Gasteiger partial charge in [0.15, 0.2) is 0 Å². The van der Waals surface area contributed by atoms with E-state index in [0.717, 1.165) is 24.2 Å². The van der Waals surface area contributed by atoms with Crippen molar-refractivity contribution in [3.63, 3.8) is 0 Å². The summed E-state index contributed by atoms with van der Waals surface area (Å²) in [5.74, 6) is -0.525. The van der Waals surface area contributed by atoms with Crippen molar-refractivity contribution in [1.82, 2.24) is 4.90 Å². The van der Waals surface area contributed by atoms with E-state index in [1.807, 2.05) is 60.7 Å². The van der Waals surface area contributed by atoms with Crippen molar-refractivity contribution >= 4 is 11.7 Å². The highest BCUT2D eigenvalue weighted by atomic mass is 16.6. The Labute approximate surface area is 186 Å². The Bertz CT molecular complexity index is 1030. The topological polar surface area (TPSA) is 81.9 Å². The third kappa shape index (κ3) is 5.01. The van der Waals surface area contributed by atoms with Crippen molar-refractivity contribution in [1.29, 1.82) is 0 Å². The van der Waals surface area contributed by atoms with Crippen molar-refractivity contribution in [3.05, 3.63) is 112 Å². The van der Waals surface area contributed by atoms with Gasteiger partial charge in [-0.25, -0.2) is 4.79 Å². The van der Waals surface area contributed by atoms with Crippen LogP contribution in [0.4, 0.5) is 5.69 Å². The fourth-order valence-electron chi connectivity index (χ4n) is 3.94. The van der Waals surface area contributed by atoms with Gasteiger partial charge in [-0.2, -0.15) is 0 Å². The van der Waals surface area contributed by atoms with E-state index < -0.39 is 17.0 Å². The molecule has 32 heavy (non-hydrogen) atoms. The van der Waals surface area contributed by atoms with Gasteiger partial charge >= 0.3 is 5.97 Å². The molecule has 164 valence electrons. The van der Waals surface area contributed by atoms with Crippen LogP contribution in [-0.2, 0) is 9.47 Å². The molecule has 3 aromatic carbocycles. The van der Waals surface area contributed by atoms with Gasteiger partial charge in [0.2, 0.25) is 0 Å². The van der Waals surface area contributed by atoms with Crippen molar-refractivity contribution in [3.8, 4) is 0 Å². The average molecular weight is 432 g/mol. The lowest BCUT2D eigenvalue weighted by Gasteiger charge is -2.39. The molecule has 0 aromatic heterocycles. The molecule has 7 heteroatoms. The maximum Gasteiger partial charge on any atom is 0.338 e. The van der Waals surface area contributed by atoms with Crippen LogP contribution >= 0.6 is 0 Å². The van der Waals surface area contributed by atoms with Crippen LogP contribution in [0, 0.1) is 10.1 Å². The summed E-state index contributed by atoms with van der Waals surface area (Å²) in [6.07, 6.45) is -0.570. The molecule has 1 aliphatic rings. The smallest absolute Gasteiger partial charge is 0.338 e. The summed E-state index contributed by atoms with van der Waals surface area (Å²) in [4.78, 5) is 25.8. The molecule has 3 aromatic rings. The molecular weight excluding hydrogens is 408 g/mol. The van der Waals surface area contributed by atoms with Gasteiger partial charge in [0, 0.05) is 25.2 Å². The lowest BCUT2D eigenvalue weighted by molar-refractivity contribution is -0.384. The molecule has 0 bridgehead atoms. The number of nitro benzene ring substituents is 1. The number of non-ortho nitro benzene ring substituents is 1. The third-order valence-corrected chi connectivity index (χ3v) is 5.54. The van der Waals surface area contributed by atoms with Crippen LogP contribution < -0.4 is 0 Å². The van der Waals surface area contributed by atoms with Gasteiger partial charge in [-0.1, -0.05) is 60.7 Å². The van der Waals surface area contributed by atoms with Crippen LogP contribution in [0.3, 0.4) is 0 Å². The lowest BCUT2D eigenvalue weighted by Crippen LogP contribution is -2.42. The second-order valence-corrected chi connectivity index (χ2v) is 7.54. The first-order chi connectivity index (χ1) is 15.6. The molecule has 1 fully saturated rings. The molecule has 2 atom stereocenters. The van der Waals surface area contributed by atoms with Gasteiger partial charge in [-0.3, -0.25) is 15.0 Å². The number of carbonyl (C=O) groups excluding carboxylic acids is 1. The number of morpholine rings is 1. The Morgan fingerprint density at radius 1 is 0.875 bits per heavy atom. The molecule has 0 N–H and O–H groups in total. The van der Waals surface area contributed by atoms with Gasteiger partial charge in [0.25, 0.3) is 5.69 Å². The molecule has 0 aliphatic carbocycles. The number of nitrogens with zero attached hydrogens (tertiary/aromatic N) is 2. The van der Waals surface area contributed by atoms with Gasteiger partial charge in [-0.05, 0) is 23.3 Å². The van der Waals surface area contributed by atoms with Crippen LogP contribution in [0.5, 0.6) is 0 Å². The zero-order valence-electron chi connectivity index (χ0n) is 17.5. The Morgan fingerprint density at radius 2 is 1.44 bits per heavy atom. The first kappa shape index (κ1) is 21.7. The van der Waals surface area contributed by atoms with E-state index >= 15 is 0 Å². The number of ether oxygens (including phenoxy) is 2. The second kappa shape index (κ2) is 10.2. The largest absolute Gasteiger partial charge is 0.452 e. The molecule has 1 heterocycles. The van der Waals surface area contributed by atoms with Crippen molar-refractivity contribution in [2.24, 2.45) is 0 Å². The zero-order valence-corrected chi connectivity index (χ0v) is 17.5. The minimum Gasteiger partial charge on any atom is -0.452 e. The van der Waals surface area contributed by atoms with Crippen molar-refractivity contribution < 1.29 is 19.2 Å². The molecule has 0 amide bonds. The summed E-state index contributed by atoms with van der Waals surface area (Å²) < 4.78 is 11.6. The van der Waals surface area contributed by atoms with E-state index in [2.05, 4.69) is 4.90 Å². The maximum atomic E-state index is 13.1. The molecule has 1 aliphatic heterocycles. The average Bonchev–Trinajstić information content (AvgIpc) is 2.85. The molecular formula is C25H24N2O5. The summed E-state index contributed by atoms with van der Waals surface area (Å²) in [5.41, 5.74) is 2.12. The zero-order chi connectivity index (χ0) is 22.3. The van der Waals surface area contributed by atoms with Gasteiger partial charge < -0.3 is 9.47 Å². The Balaban J connectivity index is 1.70. The molecule has 4 rings (SSSR count). The summed E-state index contributed by atoms with van der Waals surface area (Å²) in [7, 11) is 0. The van der Waals surface area contributed by atoms with E-state index in [9.17, 15) is 14.9 Å². The van der Waals surface area contributed by atoms with Gasteiger partial charge in [0.05, 0.1) is 29.7 Å².